The van der Waals surface area contributed by atoms with Crippen LogP contribution in [0, 0.1) is 0 Å². The van der Waals surface area contributed by atoms with Crippen molar-refractivity contribution in [1.82, 2.24) is 10.0 Å². The monoisotopic (exact) mass is 426 g/mol. The molecule has 9 heteroatoms. The second kappa shape index (κ2) is 10.3. The highest BCUT2D eigenvalue weighted by Crippen LogP contribution is 2.24. The first-order valence-corrected chi connectivity index (χ1v) is 10.5. The summed E-state index contributed by atoms with van der Waals surface area (Å²) in [5.74, 6) is 1.15. The summed E-state index contributed by atoms with van der Waals surface area (Å²) in [5.41, 5.74) is 0.904. The number of ether oxygens (including phenoxy) is 2. The van der Waals surface area contributed by atoms with Crippen LogP contribution in [0.1, 0.15) is 12.0 Å². The Morgan fingerprint density at radius 1 is 1.07 bits per heavy atom. The number of amides is 1. The number of halogens is 1. The van der Waals surface area contributed by atoms with E-state index in [4.69, 9.17) is 21.1 Å². The summed E-state index contributed by atoms with van der Waals surface area (Å²) in [6.45, 7) is 0.363. The Balaban J connectivity index is 1.80. The molecule has 152 valence electrons. The van der Waals surface area contributed by atoms with Gasteiger partial charge in [0.1, 0.15) is 16.4 Å². The van der Waals surface area contributed by atoms with Crippen molar-refractivity contribution in [3.05, 3.63) is 53.1 Å². The summed E-state index contributed by atoms with van der Waals surface area (Å²) in [6.07, 6.45) is 0.566. The van der Waals surface area contributed by atoms with E-state index >= 15 is 0 Å². The molecular formula is C19H23ClN2O5S. The molecular weight excluding hydrogens is 404 g/mol. The van der Waals surface area contributed by atoms with Crippen LogP contribution < -0.4 is 19.5 Å². The van der Waals surface area contributed by atoms with E-state index in [0.29, 0.717) is 24.5 Å². The van der Waals surface area contributed by atoms with Crippen molar-refractivity contribution >= 4 is 27.5 Å². The molecule has 28 heavy (non-hydrogen) atoms. The normalized spacial score (nSPS) is 11.1. The molecule has 0 spiro atoms. The average Bonchev–Trinajstić information content (AvgIpc) is 2.68. The standard InChI is InChI=1S/C19H23ClN2O5S/c1-26-15-7-8-17(27-2)14(13-15)9-11-21-19(23)10-12-22-28(24,25)18-6-4-3-5-16(18)20/h3-8,13,22H,9-12H2,1-2H3,(H,21,23). The smallest absolute Gasteiger partial charge is 0.242 e. The van der Waals surface area contributed by atoms with Crippen LogP contribution in [0.3, 0.4) is 0 Å². The molecule has 0 aliphatic heterocycles. The van der Waals surface area contributed by atoms with Gasteiger partial charge in [-0.25, -0.2) is 13.1 Å². The van der Waals surface area contributed by atoms with E-state index < -0.39 is 10.0 Å². The van der Waals surface area contributed by atoms with E-state index in [1.54, 1.807) is 38.5 Å². The average molecular weight is 427 g/mol. The zero-order chi connectivity index (χ0) is 20.6. The van der Waals surface area contributed by atoms with E-state index in [1.165, 1.54) is 12.1 Å². The van der Waals surface area contributed by atoms with E-state index in [2.05, 4.69) is 10.0 Å². The lowest BCUT2D eigenvalue weighted by Crippen LogP contribution is -2.31. The Labute approximate surface area is 170 Å². The van der Waals surface area contributed by atoms with Crippen molar-refractivity contribution in [1.29, 1.82) is 0 Å². The summed E-state index contributed by atoms with van der Waals surface area (Å²) in [4.78, 5) is 12.0. The van der Waals surface area contributed by atoms with Crippen molar-refractivity contribution in [3.63, 3.8) is 0 Å². The highest BCUT2D eigenvalue weighted by Gasteiger charge is 2.17. The second-order valence-electron chi connectivity index (χ2n) is 5.86. The van der Waals surface area contributed by atoms with Crippen LogP contribution in [0.15, 0.2) is 47.4 Å². The molecule has 2 aromatic rings. The van der Waals surface area contributed by atoms with Crippen LogP contribution in [0.5, 0.6) is 11.5 Å². The van der Waals surface area contributed by atoms with Crippen LogP contribution in [0.4, 0.5) is 0 Å². The van der Waals surface area contributed by atoms with E-state index in [1.807, 2.05) is 6.07 Å². The number of nitrogens with one attached hydrogen (secondary N) is 2. The summed E-state index contributed by atoms with van der Waals surface area (Å²) in [6, 6.07) is 11.6. The molecule has 0 fully saturated rings. The van der Waals surface area contributed by atoms with Crippen LogP contribution in [-0.4, -0.2) is 41.6 Å². The van der Waals surface area contributed by atoms with Gasteiger partial charge in [0, 0.05) is 19.5 Å². The van der Waals surface area contributed by atoms with Crippen molar-refractivity contribution in [3.8, 4) is 11.5 Å². The van der Waals surface area contributed by atoms with Gasteiger partial charge in [0.25, 0.3) is 0 Å². The highest BCUT2D eigenvalue weighted by molar-refractivity contribution is 7.89. The number of sulfonamides is 1. The molecule has 0 radical (unpaired) electrons. The minimum atomic E-state index is -3.76. The molecule has 0 unspecified atom stereocenters. The molecule has 0 atom stereocenters. The minimum Gasteiger partial charge on any atom is -0.497 e. The maximum absolute atomic E-state index is 12.2. The predicted octanol–water partition coefficient (Wildman–Crippen LogP) is 2.38. The third-order valence-electron chi connectivity index (χ3n) is 3.97. The van der Waals surface area contributed by atoms with Gasteiger partial charge >= 0.3 is 0 Å². The number of hydrogen-bond acceptors (Lipinski definition) is 5. The topological polar surface area (TPSA) is 93.7 Å². The van der Waals surface area contributed by atoms with Gasteiger partial charge in [-0.2, -0.15) is 0 Å². The molecule has 0 saturated heterocycles. The van der Waals surface area contributed by atoms with Crippen molar-refractivity contribution in [2.45, 2.75) is 17.7 Å². The molecule has 0 heterocycles. The molecule has 2 rings (SSSR count). The Morgan fingerprint density at radius 3 is 2.50 bits per heavy atom. The Hall–Kier alpha value is -2.29. The van der Waals surface area contributed by atoms with E-state index in [9.17, 15) is 13.2 Å². The van der Waals surface area contributed by atoms with Crippen LogP contribution >= 0.6 is 11.6 Å². The maximum atomic E-state index is 12.2. The molecule has 0 aromatic heterocycles. The number of carbonyl (C=O) groups is 1. The quantitative estimate of drug-likeness (QED) is 0.608. The fourth-order valence-corrected chi connectivity index (χ4v) is 4.09. The lowest BCUT2D eigenvalue weighted by molar-refractivity contribution is -0.120. The van der Waals surface area contributed by atoms with E-state index in [-0.39, 0.29) is 28.8 Å². The fraction of sp³-hybridized carbons (Fsp3) is 0.316. The molecule has 0 aliphatic rings. The predicted molar refractivity (Wildman–Crippen MR) is 108 cm³/mol. The van der Waals surface area contributed by atoms with Crippen LogP contribution in [0.2, 0.25) is 5.02 Å². The minimum absolute atomic E-state index is 0.0119. The van der Waals surface area contributed by atoms with E-state index in [0.717, 1.165) is 5.56 Å². The van der Waals surface area contributed by atoms with Crippen molar-refractivity contribution in [2.75, 3.05) is 27.3 Å². The Bertz CT molecular complexity index is 918. The first kappa shape index (κ1) is 22.0. The van der Waals surface area contributed by atoms with Crippen LogP contribution in [0.25, 0.3) is 0 Å². The molecule has 7 nitrogen and oxygen atoms in total. The number of methoxy groups -OCH3 is 2. The van der Waals surface area contributed by atoms with Gasteiger partial charge in [0.2, 0.25) is 15.9 Å². The first-order chi connectivity index (χ1) is 13.4. The van der Waals surface area contributed by atoms with Gasteiger partial charge in [-0.3, -0.25) is 4.79 Å². The number of benzene rings is 2. The number of carbonyl (C=O) groups excluding carboxylic acids is 1. The van der Waals surface area contributed by atoms with Gasteiger partial charge in [-0.05, 0) is 42.3 Å². The summed E-state index contributed by atoms with van der Waals surface area (Å²) < 4.78 is 37.3. The molecule has 2 N–H and O–H groups in total. The summed E-state index contributed by atoms with van der Waals surface area (Å²) in [7, 11) is -0.600. The molecule has 0 saturated carbocycles. The summed E-state index contributed by atoms with van der Waals surface area (Å²) >= 11 is 5.91. The number of hydrogen-bond donors (Lipinski definition) is 2. The lowest BCUT2D eigenvalue weighted by Gasteiger charge is -2.11. The molecule has 0 bridgehead atoms. The molecule has 0 aliphatic carbocycles. The maximum Gasteiger partial charge on any atom is 0.242 e. The van der Waals surface area contributed by atoms with Crippen molar-refractivity contribution < 1.29 is 22.7 Å². The SMILES string of the molecule is COc1ccc(OC)c(CCNC(=O)CCNS(=O)(=O)c2ccccc2Cl)c1. The Morgan fingerprint density at radius 2 is 1.82 bits per heavy atom. The molecule has 2 aromatic carbocycles. The van der Waals surface area contributed by atoms with Crippen LogP contribution in [-0.2, 0) is 21.2 Å². The Kier molecular flexibility index (Phi) is 8.10. The van der Waals surface area contributed by atoms with Gasteiger partial charge in [0.05, 0.1) is 19.2 Å². The van der Waals surface area contributed by atoms with Gasteiger partial charge < -0.3 is 14.8 Å². The first-order valence-electron chi connectivity index (χ1n) is 8.59. The zero-order valence-corrected chi connectivity index (χ0v) is 17.3. The largest absolute Gasteiger partial charge is 0.497 e. The second-order valence-corrected chi connectivity index (χ2v) is 8.00. The molecule has 1 amide bonds. The third kappa shape index (κ3) is 6.12. The lowest BCUT2D eigenvalue weighted by atomic mass is 10.1. The van der Waals surface area contributed by atoms with Gasteiger partial charge in [-0.15, -0.1) is 0 Å². The zero-order valence-electron chi connectivity index (χ0n) is 15.7. The highest BCUT2D eigenvalue weighted by atomic mass is 35.5. The van der Waals surface area contributed by atoms with Gasteiger partial charge in [-0.1, -0.05) is 23.7 Å². The number of rotatable bonds is 10. The summed E-state index contributed by atoms with van der Waals surface area (Å²) in [5, 5.41) is 2.89. The van der Waals surface area contributed by atoms with Gasteiger partial charge in [0.15, 0.2) is 0 Å². The fourth-order valence-electron chi connectivity index (χ4n) is 2.54. The van der Waals surface area contributed by atoms with Crippen molar-refractivity contribution in [2.24, 2.45) is 0 Å². The third-order valence-corrected chi connectivity index (χ3v) is 5.94.